The summed E-state index contributed by atoms with van der Waals surface area (Å²) in [6, 6.07) is 10.4. The maximum Gasteiger partial charge on any atom is 0.305 e. The highest BCUT2D eigenvalue weighted by Crippen LogP contribution is 2.27. The molecular formula is C16H14BrN3O4. The number of nitrogens with zero attached hydrogens (tertiary/aromatic N) is 1. The lowest BCUT2D eigenvalue weighted by Crippen LogP contribution is -2.45. The van der Waals surface area contributed by atoms with Gasteiger partial charge in [0, 0.05) is 23.1 Å². The first-order chi connectivity index (χ1) is 11.5. The van der Waals surface area contributed by atoms with Crippen LogP contribution in [-0.2, 0) is 9.59 Å². The van der Waals surface area contributed by atoms with Crippen LogP contribution in [0.4, 0.5) is 5.69 Å². The normalized spacial score (nSPS) is 17.0. The van der Waals surface area contributed by atoms with Crippen molar-refractivity contribution in [3.8, 4) is 0 Å². The van der Waals surface area contributed by atoms with Crippen molar-refractivity contribution < 1.29 is 18.8 Å². The molecule has 0 spiro atoms. The lowest BCUT2D eigenvalue weighted by molar-refractivity contribution is -0.126. The van der Waals surface area contributed by atoms with E-state index in [0.29, 0.717) is 0 Å². The van der Waals surface area contributed by atoms with Gasteiger partial charge in [0.1, 0.15) is 0 Å². The van der Waals surface area contributed by atoms with Crippen LogP contribution in [0.1, 0.15) is 17.0 Å². The van der Waals surface area contributed by atoms with E-state index in [-0.39, 0.29) is 24.6 Å². The first-order valence-electron chi connectivity index (χ1n) is 7.24. The topological polar surface area (TPSA) is 91.7 Å². The minimum Gasteiger partial charge on any atom is -0.459 e. The molecular weight excluding hydrogens is 378 g/mol. The summed E-state index contributed by atoms with van der Waals surface area (Å²) in [5, 5.41) is 0. The second kappa shape index (κ2) is 6.88. The molecule has 1 aliphatic heterocycles. The van der Waals surface area contributed by atoms with E-state index in [9.17, 15) is 14.4 Å². The summed E-state index contributed by atoms with van der Waals surface area (Å²) in [6.45, 7) is 0.262. The number of carbonyl (C=O) groups excluding carboxylic acids is 3. The number of carbonyl (C=O) groups is 3. The van der Waals surface area contributed by atoms with Crippen molar-refractivity contribution >= 4 is 39.3 Å². The van der Waals surface area contributed by atoms with Gasteiger partial charge in [-0.05, 0) is 30.3 Å². The third-order valence-electron chi connectivity index (χ3n) is 3.66. The van der Waals surface area contributed by atoms with Crippen molar-refractivity contribution in [3.05, 3.63) is 52.9 Å². The number of hydrazine groups is 1. The standard InChI is InChI=1S/C16H14BrN3O4/c17-11-3-1-4-12(8-11)20-9-10(7-14(20)21)15(22)18-19-16(23)13-5-2-6-24-13/h1-6,8,10H,7,9H2,(H,18,22)(H,19,23)/t10-/m0/s1. The van der Waals surface area contributed by atoms with E-state index in [1.54, 1.807) is 11.0 Å². The first kappa shape index (κ1) is 16.3. The van der Waals surface area contributed by atoms with Crippen molar-refractivity contribution in [3.63, 3.8) is 0 Å². The molecule has 8 heteroatoms. The smallest absolute Gasteiger partial charge is 0.305 e. The molecule has 7 nitrogen and oxygen atoms in total. The summed E-state index contributed by atoms with van der Waals surface area (Å²) < 4.78 is 5.78. The molecule has 2 N–H and O–H groups in total. The van der Waals surface area contributed by atoms with Crippen LogP contribution in [0.25, 0.3) is 0 Å². The predicted molar refractivity (Wildman–Crippen MR) is 88.9 cm³/mol. The Bertz CT molecular complexity index is 775. The average molecular weight is 392 g/mol. The fourth-order valence-corrected chi connectivity index (χ4v) is 2.85. The van der Waals surface area contributed by atoms with E-state index in [1.807, 2.05) is 24.3 Å². The molecule has 1 aliphatic rings. The largest absolute Gasteiger partial charge is 0.459 e. The lowest BCUT2D eigenvalue weighted by Gasteiger charge is -2.17. The van der Waals surface area contributed by atoms with Gasteiger partial charge in [0.15, 0.2) is 5.76 Å². The monoisotopic (exact) mass is 391 g/mol. The quantitative estimate of drug-likeness (QED) is 0.781. The maximum absolute atomic E-state index is 12.2. The zero-order chi connectivity index (χ0) is 17.1. The highest BCUT2D eigenvalue weighted by atomic mass is 79.9. The van der Waals surface area contributed by atoms with Crippen LogP contribution >= 0.6 is 15.9 Å². The van der Waals surface area contributed by atoms with E-state index in [1.165, 1.54) is 12.3 Å². The molecule has 0 radical (unpaired) electrons. The van der Waals surface area contributed by atoms with Gasteiger partial charge in [0.2, 0.25) is 11.8 Å². The van der Waals surface area contributed by atoms with E-state index >= 15 is 0 Å². The number of rotatable bonds is 3. The molecule has 1 fully saturated rings. The van der Waals surface area contributed by atoms with Gasteiger partial charge in [-0.3, -0.25) is 25.2 Å². The molecule has 0 bridgehead atoms. The number of hydrogen-bond donors (Lipinski definition) is 2. The van der Waals surface area contributed by atoms with Crippen molar-refractivity contribution in [2.45, 2.75) is 6.42 Å². The van der Waals surface area contributed by atoms with Crippen LogP contribution in [0.15, 0.2) is 51.6 Å². The summed E-state index contributed by atoms with van der Waals surface area (Å²) in [7, 11) is 0. The molecule has 124 valence electrons. The van der Waals surface area contributed by atoms with Crippen molar-refractivity contribution in [1.29, 1.82) is 0 Å². The van der Waals surface area contributed by atoms with Crippen LogP contribution < -0.4 is 15.8 Å². The van der Waals surface area contributed by atoms with Gasteiger partial charge in [-0.25, -0.2) is 0 Å². The molecule has 0 aliphatic carbocycles. The zero-order valence-corrected chi connectivity index (χ0v) is 14.1. The van der Waals surface area contributed by atoms with E-state index < -0.39 is 17.7 Å². The summed E-state index contributed by atoms with van der Waals surface area (Å²) in [5.74, 6) is -1.55. The van der Waals surface area contributed by atoms with Gasteiger partial charge in [-0.15, -0.1) is 0 Å². The van der Waals surface area contributed by atoms with E-state index in [0.717, 1.165) is 10.2 Å². The maximum atomic E-state index is 12.2. The molecule has 3 rings (SSSR count). The fourth-order valence-electron chi connectivity index (χ4n) is 2.47. The van der Waals surface area contributed by atoms with Crippen LogP contribution in [0, 0.1) is 5.92 Å². The Hall–Kier alpha value is -2.61. The van der Waals surface area contributed by atoms with Crippen molar-refractivity contribution in [2.75, 3.05) is 11.4 Å². The minimum atomic E-state index is -0.554. The molecule has 1 atom stereocenters. The van der Waals surface area contributed by atoms with Gasteiger partial charge in [-0.2, -0.15) is 0 Å². The molecule has 1 aromatic carbocycles. The summed E-state index contributed by atoms with van der Waals surface area (Å²) in [4.78, 5) is 37.6. The molecule has 2 aromatic rings. The van der Waals surface area contributed by atoms with E-state index in [4.69, 9.17) is 4.42 Å². The molecule has 1 saturated heterocycles. The summed E-state index contributed by atoms with van der Waals surface area (Å²) >= 11 is 3.36. The minimum absolute atomic E-state index is 0.0913. The number of benzene rings is 1. The highest BCUT2D eigenvalue weighted by molar-refractivity contribution is 9.10. The van der Waals surface area contributed by atoms with Gasteiger partial charge >= 0.3 is 5.91 Å². The Morgan fingerprint density at radius 3 is 2.75 bits per heavy atom. The number of hydrogen-bond acceptors (Lipinski definition) is 4. The van der Waals surface area contributed by atoms with Crippen LogP contribution in [0.3, 0.4) is 0 Å². The van der Waals surface area contributed by atoms with Gasteiger partial charge in [0.05, 0.1) is 12.2 Å². The van der Waals surface area contributed by atoms with E-state index in [2.05, 4.69) is 26.8 Å². The number of anilines is 1. The summed E-state index contributed by atoms with van der Waals surface area (Å²) in [6.07, 6.45) is 1.46. The molecule has 24 heavy (non-hydrogen) atoms. The van der Waals surface area contributed by atoms with Gasteiger partial charge in [0.25, 0.3) is 0 Å². The molecule has 0 unspecified atom stereocenters. The van der Waals surface area contributed by atoms with Gasteiger partial charge in [-0.1, -0.05) is 22.0 Å². The third kappa shape index (κ3) is 3.48. The first-order valence-corrected chi connectivity index (χ1v) is 8.03. The lowest BCUT2D eigenvalue weighted by atomic mass is 10.1. The Balaban J connectivity index is 1.59. The molecule has 3 amide bonds. The van der Waals surface area contributed by atoms with Gasteiger partial charge < -0.3 is 9.32 Å². The van der Waals surface area contributed by atoms with Crippen LogP contribution in [0.2, 0.25) is 0 Å². The molecule has 2 heterocycles. The molecule has 1 aromatic heterocycles. The number of amides is 3. The highest BCUT2D eigenvalue weighted by Gasteiger charge is 2.35. The Morgan fingerprint density at radius 2 is 2.04 bits per heavy atom. The van der Waals surface area contributed by atoms with Crippen molar-refractivity contribution in [2.24, 2.45) is 5.92 Å². The fraction of sp³-hybridized carbons (Fsp3) is 0.188. The Morgan fingerprint density at radius 1 is 1.21 bits per heavy atom. The zero-order valence-electron chi connectivity index (χ0n) is 12.5. The Labute approximate surface area is 146 Å². The third-order valence-corrected chi connectivity index (χ3v) is 4.15. The Kier molecular flexibility index (Phi) is 4.66. The second-order valence-electron chi connectivity index (χ2n) is 5.31. The van der Waals surface area contributed by atoms with Crippen LogP contribution in [-0.4, -0.2) is 24.3 Å². The SMILES string of the molecule is O=C(NNC(=O)[C@H]1CC(=O)N(c2cccc(Br)c2)C1)c1ccco1. The average Bonchev–Trinajstić information content (AvgIpc) is 3.22. The summed E-state index contributed by atoms with van der Waals surface area (Å²) in [5.41, 5.74) is 5.33. The predicted octanol–water partition coefficient (Wildman–Crippen LogP) is 1.86. The number of nitrogens with one attached hydrogen (secondary N) is 2. The number of halogens is 1. The number of furan rings is 1. The van der Waals surface area contributed by atoms with Crippen LogP contribution in [0.5, 0.6) is 0 Å². The molecule has 0 saturated carbocycles. The second-order valence-corrected chi connectivity index (χ2v) is 6.22. The van der Waals surface area contributed by atoms with Crippen molar-refractivity contribution in [1.82, 2.24) is 10.9 Å².